The molecule has 4 atom stereocenters. The molecular weight excluding hydrogens is 934 g/mol. The van der Waals surface area contributed by atoms with Gasteiger partial charge in [0.2, 0.25) is 0 Å². The number of alkyl halides is 2. The van der Waals surface area contributed by atoms with Gasteiger partial charge in [0.1, 0.15) is 11.5 Å². The monoisotopic (exact) mass is 962 g/mol. The van der Waals surface area contributed by atoms with Crippen molar-refractivity contribution in [3.8, 4) is 23.0 Å². The van der Waals surface area contributed by atoms with E-state index in [0.717, 1.165) is 21.6 Å². The summed E-state index contributed by atoms with van der Waals surface area (Å²) in [6.07, 6.45) is 1.13. The molecule has 1 saturated heterocycles. The van der Waals surface area contributed by atoms with Crippen LogP contribution in [0.3, 0.4) is 0 Å². The number of benzene rings is 3. The first kappa shape index (κ1) is 39.9. The van der Waals surface area contributed by atoms with E-state index in [4.69, 9.17) is 37.4 Å². The van der Waals surface area contributed by atoms with Gasteiger partial charge in [-0.05, 0) is 73.3 Å². The highest BCUT2D eigenvalue weighted by molar-refractivity contribution is 9.13. The molecule has 2 amide bonds. The van der Waals surface area contributed by atoms with E-state index in [9.17, 15) is 33.5 Å². The first-order valence-electron chi connectivity index (χ1n) is 17.5. The summed E-state index contributed by atoms with van der Waals surface area (Å²) in [6.45, 7) is -0.396. The Balaban J connectivity index is 1.26. The first-order chi connectivity index (χ1) is 27.5. The Bertz CT molecular complexity index is 2840. The molecule has 5 aromatic rings. The lowest BCUT2D eigenvalue weighted by Gasteiger charge is -2.49. The quantitative estimate of drug-likeness (QED) is 0.128. The number of aromatic hydroxyl groups is 1. The number of ether oxygens (including phenoxy) is 3. The highest BCUT2D eigenvalue weighted by Crippen LogP contribution is 2.65. The fraction of sp³-hybridized carbons (Fsp3) is 0.316. The summed E-state index contributed by atoms with van der Waals surface area (Å²) in [5, 5.41) is 10.8. The lowest BCUT2D eigenvalue weighted by molar-refractivity contribution is -0.122. The van der Waals surface area contributed by atoms with Gasteiger partial charge >= 0.3 is 11.4 Å². The van der Waals surface area contributed by atoms with Crippen LogP contribution in [0.25, 0.3) is 11.0 Å². The van der Waals surface area contributed by atoms with Crippen LogP contribution < -0.4 is 36.0 Å². The average molecular weight is 965 g/mol. The Hall–Kier alpha value is -4.91. The van der Waals surface area contributed by atoms with Gasteiger partial charge in [0, 0.05) is 49.0 Å². The van der Waals surface area contributed by atoms with Crippen LogP contribution >= 0.6 is 55.1 Å². The van der Waals surface area contributed by atoms with Gasteiger partial charge in [-0.2, -0.15) is 0 Å². The van der Waals surface area contributed by atoms with Gasteiger partial charge in [0.25, 0.3) is 17.4 Å². The molecule has 0 bridgehead atoms. The van der Waals surface area contributed by atoms with E-state index in [-0.39, 0.29) is 56.9 Å². The van der Waals surface area contributed by atoms with Gasteiger partial charge < -0.3 is 23.9 Å². The number of nitrogens with zero attached hydrogens (tertiary/aromatic N) is 6. The van der Waals surface area contributed by atoms with Crippen LogP contribution in [0.1, 0.15) is 29.6 Å². The number of phenolic OH excluding ortho intramolecular Hbond substituents is 1. The van der Waals surface area contributed by atoms with Crippen molar-refractivity contribution in [1.82, 2.24) is 23.5 Å². The number of carbonyl (C=O) groups is 2. The number of anilines is 1. The van der Waals surface area contributed by atoms with E-state index in [2.05, 4.69) is 36.8 Å². The predicted molar refractivity (Wildman–Crippen MR) is 217 cm³/mol. The summed E-state index contributed by atoms with van der Waals surface area (Å²) in [5.41, 5.74) is -0.308. The summed E-state index contributed by atoms with van der Waals surface area (Å²) in [6, 6.07) is 8.21. The standard InChI is InChI=1S/C38H31Br2Cl2FN6O9/c1-45-23-15-26(57-3)25(56-2)14-22(23)44-21(32(45)51)10-11-46-35(54)47-12-9-19-24(49(47)36(46)55)16-37(41)33(52)48(18-7-5-17(43)6-8-18)34(53)38(37,42)28(19)20-13-27(58-4)31(50)30(40)29(20)39/h5-9,13-15,24,28,50H,10-12,16H2,1-4H3/t24-,28-,37-,38+/m1/s1. The zero-order valence-corrected chi connectivity index (χ0v) is 35.6. The van der Waals surface area contributed by atoms with E-state index in [0.29, 0.717) is 28.1 Å². The number of methoxy groups -OCH3 is 3. The van der Waals surface area contributed by atoms with Gasteiger partial charge in [0.05, 0.1) is 55.1 Å². The Morgan fingerprint density at radius 3 is 2.22 bits per heavy atom. The zero-order valence-electron chi connectivity index (χ0n) is 30.9. The topological polar surface area (TPSA) is 169 Å². The number of rotatable bonds is 8. The second kappa shape index (κ2) is 14.1. The number of hydrogen-bond donors (Lipinski definition) is 1. The van der Waals surface area contributed by atoms with Gasteiger partial charge in [0.15, 0.2) is 32.7 Å². The number of aryl methyl sites for hydroxylation is 2. The Morgan fingerprint density at radius 2 is 1.57 bits per heavy atom. The van der Waals surface area contributed by atoms with Gasteiger partial charge in [-0.25, -0.2) is 37.8 Å². The first-order valence-corrected chi connectivity index (χ1v) is 19.9. The van der Waals surface area contributed by atoms with Crippen molar-refractivity contribution >= 4 is 83.6 Å². The molecule has 15 nitrogen and oxygen atoms in total. The maximum Gasteiger partial charge on any atom is 0.347 e. The van der Waals surface area contributed by atoms with Gasteiger partial charge in [-0.3, -0.25) is 14.4 Å². The molecule has 2 aromatic heterocycles. The lowest BCUT2D eigenvalue weighted by atomic mass is 9.64. The van der Waals surface area contributed by atoms with Crippen molar-refractivity contribution in [1.29, 1.82) is 0 Å². The van der Waals surface area contributed by atoms with Crippen LogP contribution in [0.15, 0.2) is 77.4 Å². The van der Waals surface area contributed by atoms with E-state index in [1.165, 1.54) is 53.5 Å². The minimum atomic E-state index is -2.27. The molecule has 302 valence electrons. The van der Waals surface area contributed by atoms with Crippen molar-refractivity contribution in [2.75, 3.05) is 26.2 Å². The molecule has 0 unspecified atom stereocenters. The molecule has 1 N–H and O–H groups in total. The Labute approximate surface area is 354 Å². The summed E-state index contributed by atoms with van der Waals surface area (Å²) in [7, 11) is 5.83. The molecular formula is C38H31Br2Cl2FN6O9. The fourth-order valence-electron chi connectivity index (χ4n) is 8.31. The molecule has 20 heteroatoms. The van der Waals surface area contributed by atoms with Crippen LogP contribution in [0.4, 0.5) is 10.1 Å². The average Bonchev–Trinajstić information content (AvgIpc) is 3.54. The Kier molecular flexibility index (Phi) is 9.72. The van der Waals surface area contributed by atoms with Crippen molar-refractivity contribution in [3.63, 3.8) is 0 Å². The molecule has 8 rings (SSSR count). The van der Waals surface area contributed by atoms with Crippen LogP contribution in [-0.2, 0) is 36.1 Å². The lowest BCUT2D eigenvalue weighted by Crippen LogP contribution is -2.59. The fourth-order valence-corrected chi connectivity index (χ4v) is 10.2. The minimum absolute atomic E-state index is 0.0105. The SMILES string of the molecule is COc1cc2nc(CCn3c(=O)n4n(c3=O)[C@@H]3C[C@@]5(Cl)C(=O)N(c6ccc(F)cc6)C(=O)[C@@]5(Cl)[C@@H](c5cc(OC)c(O)c(Br)c5Br)C3=CC4)c(=O)n(C)c2cc1OC. The van der Waals surface area contributed by atoms with Crippen LogP contribution in [0.5, 0.6) is 23.0 Å². The number of halogens is 5. The number of allylic oxidation sites excluding steroid dienone is 2. The number of hydrogen-bond acceptors (Lipinski definition) is 10. The summed E-state index contributed by atoms with van der Waals surface area (Å²) >= 11 is 21.8. The van der Waals surface area contributed by atoms with Crippen LogP contribution in [0.2, 0.25) is 0 Å². The number of phenols is 1. The normalized spacial score (nSPS) is 22.4. The highest BCUT2D eigenvalue weighted by Gasteiger charge is 2.76. The number of aromatic nitrogens is 5. The van der Waals surface area contributed by atoms with Crippen molar-refractivity contribution < 1.29 is 33.3 Å². The largest absolute Gasteiger partial charge is 0.503 e. The number of amides is 2. The van der Waals surface area contributed by atoms with Crippen LogP contribution in [-0.4, -0.2) is 71.5 Å². The minimum Gasteiger partial charge on any atom is -0.503 e. The van der Waals surface area contributed by atoms with Crippen molar-refractivity contribution in [3.05, 3.63) is 111 Å². The molecule has 1 saturated carbocycles. The molecule has 2 aliphatic heterocycles. The molecule has 4 heterocycles. The third-order valence-electron chi connectivity index (χ3n) is 11.2. The van der Waals surface area contributed by atoms with E-state index in [1.54, 1.807) is 25.3 Å². The molecule has 1 aliphatic carbocycles. The molecule has 58 heavy (non-hydrogen) atoms. The van der Waals surface area contributed by atoms with Crippen molar-refractivity contribution in [2.45, 2.75) is 47.6 Å². The molecule has 3 aliphatic rings. The second-order valence-electron chi connectivity index (χ2n) is 13.9. The number of fused-ring (bicyclic) bond motifs is 5. The van der Waals surface area contributed by atoms with Gasteiger partial charge in [-0.1, -0.05) is 6.08 Å². The molecule has 0 spiro atoms. The van der Waals surface area contributed by atoms with E-state index in [1.807, 2.05) is 0 Å². The van der Waals surface area contributed by atoms with E-state index < -0.39 is 62.7 Å². The summed E-state index contributed by atoms with van der Waals surface area (Å²) in [5.74, 6) is -3.23. The van der Waals surface area contributed by atoms with E-state index >= 15 is 0 Å². The van der Waals surface area contributed by atoms with Crippen molar-refractivity contribution in [2.24, 2.45) is 7.05 Å². The molecule has 3 aromatic carbocycles. The molecule has 0 radical (unpaired) electrons. The zero-order chi connectivity index (χ0) is 41.7. The number of carbonyl (C=O) groups excluding carboxylic acids is 2. The maximum atomic E-state index is 14.7. The summed E-state index contributed by atoms with van der Waals surface area (Å²) in [4.78, 5) is 72.1. The smallest absolute Gasteiger partial charge is 0.347 e. The maximum absolute atomic E-state index is 14.7. The summed E-state index contributed by atoms with van der Waals surface area (Å²) < 4.78 is 35.4. The van der Waals surface area contributed by atoms with Gasteiger partial charge in [-0.15, -0.1) is 23.2 Å². The molecule has 2 fully saturated rings. The van der Waals surface area contributed by atoms with Crippen LogP contribution in [0, 0.1) is 5.82 Å². The second-order valence-corrected chi connectivity index (χ2v) is 16.8. The number of imide groups is 1. The Morgan fingerprint density at radius 1 is 0.914 bits per heavy atom. The predicted octanol–water partition coefficient (Wildman–Crippen LogP) is 4.89. The highest BCUT2D eigenvalue weighted by atomic mass is 79.9. The third-order valence-corrected chi connectivity index (χ3v) is 14.7. The third kappa shape index (κ3) is 5.47.